The van der Waals surface area contributed by atoms with Crippen molar-refractivity contribution in [2.24, 2.45) is 0 Å². The summed E-state index contributed by atoms with van der Waals surface area (Å²) in [5, 5.41) is 2.56. The number of carbonyl (C=O) groups excluding carboxylic acids is 2. The SMILES string of the molecule is C=CC(=O)NCC(CC)OC(=O)C(=C)C. The van der Waals surface area contributed by atoms with Crippen LogP contribution in [0.4, 0.5) is 0 Å². The zero-order valence-corrected chi connectivity index (χ0v) is 9.21. The monoisotopic (exact) mass is 211 g/mol. The van der Waals surface area contributed by atoms with Crippen LogP contribution in [0.15, 0.2) is 24.8 Å². The average molecular weight is 211 g/mol. The van der Waals surface area contributed by atoms with Crippen LogP contribution in [0.3, 0.4) is 0 Å². The van der Waals surface area contributed by atoms with E-state index in [0.717, 1.165) is 0 Å². The lowest BCUT2D eigenvalue weighted by Crippen LogP contribution is -2.33. The molecule has 0 bridgehead atoms. The Bertz CT molecular complexity index is 271. The molecule has 0 rings (SSSR count). The van der Waals surface area contributed by atoms with Crippen molar-refractivity contribution in [3.05, 3.63) is 24.8 Å². The number of hydrogen-bond acceptors (Lipinski definition) is 3. The van der Waals surface area contributed by atoms with Crippen LogP contribution < -0.4 is 5.32 Å². The second kappa shape index (κ2) is 6.81. The molecule has 0 aromatic rings. The van der Waals surface area contributed by atoms with E-state index in [4.69, 9.17) is 4.74 Å². The van der Waals surface area contributed by atoms with Gasteiger partial charge in [-0.2, -0.15) is 0 Å². The highest BCUT2D eigenvalue weighted by Gasteiger charge is 2.13. The summed E-state index contributed by atoms with van der Waals surface area (Å²) in [6, 6.07) is 0. The normalized spacial score (nSPS) is 11.3. The number of nitrogens with one attached hydrogen (secondary N) is 1. The van der Waals surface area contributed by atoms with Gasteiger partial charge < -0.3 is 10.1 Å². The van der Waals surface area contributed by atoms with E-state index in [0.29, 0.717) is 18.5 Å². The van der Waals surface area contributed by atoms with Crippen molar-refractivity contribution < 1.29 is 14.3 Å². The van der Waals surface area contributed by atoms with Gasteiger partial charge in [-0.3, -0.25) is 4.79 Å². The number of amides is 1. The van der Waals surface area contributed by atoms with Gasteiger partial charge in [0.1, 0.15) is 6.10 Å². The molecule has 0 aromatic heterocycles. The molecule has 1 atom stereocenters. The maximum atomic E-state index is 11.2. The maximum absolute atomic E-state index is 11.2. The van der Waals surface area contributed by atoms with Crippen molar-refractivity contribution >= 4 is 11.9 Å². The van der Waals surface area contributed by atoms with Crippen molar-refractivity contribution in [2.75, 3.05) is 6.54 Å². The summed E-state index contributed by atoms with van der Waals surface area (Å²) in [4.78, 5) is 22.0. The molecule has 1 N–H and O–H groups in total. The quantitative estimate of drug-likeness (QED) is 0.530. The van der Waals surface area contributed by atoms with Gasteiger partial charge in [-0.05, 0) is 19.4 Å². The van der Waals surface area contributed by atoms with Crippen LogP contribution in [-0.4, -0.2) is 24.5 Å². The molecule has 1 unspecified atom stereocenters. The van der Waals surface area contributed by atoms with Crippen molar-refractivity contribution in [3.63, 3.8) is 0 Å². The Morgan fingerprint density at radius 2 is 2.13 bits per heavy atom. The van der Waals surface area contributed by atoms with E-state index in [-0.39, 0.29) is 12.0 Å². The fraction of sp³-hybridized carbons (Fsp3) is 0.455. The molecule has 0 radical (unpaired) electrons. The van der Waals surface area contributed by atoms with E-state index in [9.17, 15) is 9.59 Å². The predicted octanol–water partition coefficient (Wildman–Crippen LogP) is 1.19. The summed E-state index contributed by atoms with van der Waals surface area (Å²) in [7, 11) is 0. The van der Waals surface area contributed by atoms with E-state index in [2.05, 4.69) is 18.5 Å². The molecule has 0 saturated carbocycles. The van der Waals surface area contributed by atoms with E-state index < -0.39 is 5.97 Å². The fourth-order valence-corrected chi connectivity index (χ4v) is 0.808. The largest absolute Gasteiger partial charge is 0.457 e. The van der Waals surface area contributed by atoms with Gasteiger partial charge in [-0.15, -0.1) is 0 Å². The molecule has 4 nitrogen and oxygen atoms in total. The van der Waals surface area contributed by atoms with Crippen LogP contribution in [-0.2, 0) is 14.3 Å². The van der Waals surface area contributed by atoms with Gasteiger partial charge in [0.25, 0.3) is 0 Å². The molecule has 0 saturated heterocycles. The molecular formula is C11H17NO3. The lowest BCUT2D eigenvalue weighted by molar-refractivity contribution is -0.144. The van der Waals surface area contributed by atoms with Crippen LogP contribution >= 0.6 is 0 Å². The minimum absolute atomic E-state index is 0.278. The first kappa shape index (κ1) is 13.4. The van der Waals surface area contributed by atoms with E-state index in [1.807, 2.05) is 6.92 Å². The van der Waals surface area contributed by atoms with Crippen molar-refractivity contribution in [2.45, 2.75) is 26.4 Å². The lowest BCUT2D eigenvalue weighted by atomic mass is 10.2. The first-order valence-electron chi connectivity index (χ1n) is 4.78. The zero-order chi connectivity index (χ0) is 11.8. The first-order chi connectivity index (χ1) is 7.01. The highest BCUT2D eigenvalue weighted by molar-refractivity contribution is 5.87. The van der Waals surface area contributed by atoms with Crippen LogP contribution in [0.1, 0.15) is 20.3 Å². The Hall–Kier alpha value is -1.58. The highest BCUT2D eigenvalue weighted by atomic mass is 16.5. The fourth-order valence-electron chi connectivity index (χ4n) is 0.808. The topological polar surface area (TPSA) is 55.4 Å². The Morgan fingerprint density at radius 3 is 2.53 bits per heavy atom. The third-order valence-electron chi connectivity index (χ3n) is 1.77. The predicted molar refractivity (Wildman–Crippen MR) is 58.2 cm³/mol. The average Bonchev–Trinajstić information content (AvgIpc) is 2.22. The molecule has 0 spiro atoms. The summed E-state index contributed by atoms with van der Waals surface area (Å²) in [6.07, 6.45) is 1.49. The maximum Gasteiger partial charge on any atom is 0.333 e. The Kier molecular flexibility index (Phi) is 6.09. The molecule has 0 aromatic carbocycles. The zero-order valence-electron chi connectivity index (χ0n) is 9.21. The third-order valence-corrected chi connectivity index (χ3v) is 1.77. The number of rotatable bonds is 6. The summed E-state index contributed by atoms with van der Waals surface area (Å²) >= 11 is 0. The molecule has 4 heteroatoms. The van der Waals surface area contributed by atoms with Gasteiger partial charge in [0.15, 0.2) is 0 Å². The summed E-state index contributed by atoms with van der Waals surface area (Å²) in [6.45, 7) is 10.5. The number of carbonyl (C=O) groups is 2. The Labute approximate surface area is 90.0 Å². The Balaban J connectivity index is 4.03. The van der Waals surface area contributed by atoms with Crippen LogP contribution in [0, 0.1) is 0 Å². The van der Waals surface area contributed by atoms with Crippen molar-refractivity contribution in [1.29, 1.82) is 0 Å². The van der Waals surface area contributed by atoms with Crippen molar-refractivity contribution in [1.82, 2.24) is 5.32 Å². The molecule has 0 aliphatic rings. The first-order valence-corrected chi connectivity index (χ1v) is 4.78. The second-order valence-corrected chi connectivity index (χ2v) is 3.17. The van der Waals surface area contributed by atoms with E-state index >= 15 is 0 Å². The van der Waals surface area contributed by atoms with Gasteiger partial charge in [0.2, 0.25) is 5.91 Å². The molecule has 0 aliphatic carbocycles. The molecular weight excluding hydrogens is 194 g/mol. The molecule has 0 fully saturated rings. The minimum atomic E-state index is -0.435. The lowest BCUT2D eigenvalue weighted by Gasteiger charge is -2.16. The van der Waals surface area contributed by atoms with Crippen molar-refractivity contribution in [3.8, 4) is 0 Å². The third kappa shape index (κ3) is 5.67. The van der Waals surface area contributed by atoms with Crippen LogP contribution in [0.5, 0.6) is 0 Å². The van der Waals surface area contributed by atoms with E-state index in [1.54, 1.807) is 6.92 Å². The molecule has 0 heterocycles. The minimum Gasteiger partial charge on any atom is -0.457 e. The molecule has 0 aliphatic heterocycles. The second-order valence-electron chi connectivity index (χ2n) is 3.17. The van der Waals surface area contributed by atoms with Crippen LogP contribution in [0.25, 0.3) is 0 Å². The van der Waals surface area contributed by atoms with Gasteiger partial charge >= 0.3 is 5.97 Å². The van der Waals surface area contributed by atoms with E-state index in [1.165, 1.54) is 6.08 Å². The molecule has 15 heavy (non-hydrogen) atoms. The highest BCUT2D eigenvalue weighted by Crippen LogP contribution is 2.01. The summed E-state index contributed by atoms with van der Waals surface area (Å²) in [5.41, 5.74) is 0.350. The number of esters is 1. The number of ether oxygens (including phenoxy) is 1. The summed E-state index contributed by atoms with van der Waals surface area (Å²) in [5.74, 6) is -0.713. The Morgan fingerprint density at radius 1 is 1.53 bits per heavy atom. The smallest absolute Gasteiger partial charge is 0.333 e. The van der Waals surface area contributed by atoms with Gasteiger partial charge in [-0.1, -0.05) is 20.1 Å². The van der Waals surface area contributed by atoms with Gasteiger partial charge in [-0.25, -0.2) is 4.79 Å². The van der Waals surface area contributed by atoms with Gasteiger partial charge in [0.05, 0.1) is 6.54 Å². The molecule has 1 amide bonds. The number of hydrogen-bond donors (Lipinski definition) is 1. The standard InChI is InChI=1S/C11H17NO3/c1-5-9(7-12-10(13)6-2)15-11(14)8(3)4/h6,9H,2-3,5,7H2,1,4H3,(H,12,13). The van der Waals surface area contributed by atoms with Gasteiger partial charge in [0, 0.05) is 5.57 Å². The molecule has 84 valence electrons. The van der Waals surface area contributed by atoms with Crippen LogP contribution in [0.2, 0.25) is 0 Å². The summed E-state index contributed by atoms with van der Waals surface area (Å²) < 4.78 is 5.07.